The number of aryl methyl sites for hydroxylation is 3. The van der Waals surface area contributed by atoms with Gasteiger partial charge in [-0.05, 0) is 49.6 Å². The van der Waals surface area contributed by atoms with Gasteiger partial charge in [0.2, 0.25) is 0 Å². The van der Waals surface area contributed by atoms with E-state index in [1.54, 1.807) is 6.08 Å². The molecule has 23 heavy (non-hydrogen) atoms. The van der Waals surface area contributed by atoms with Crippen LogP contribution in [0.4, 0.5) is 5.69 Å². The van der Waals surface area contributed by atoms with Gasteiger partial charge in [-0.2, -0.15) is 5.26 Å². The van der Waals surface area contributed by atoms with E-state index in [1.807, 2.05) is 63.2 Å². The first-order chi connectivity index (χ1) is 10.9. The smallest absolute Gasteiger partial charge is 0.266 e. The Morgan fingerprint density at radius 1 is 1.17 bits per heavy atom. The molecular weight excluding hydrogens is 352 g/mol. The van der Waals surface area contributed by atoms with Gasteiger partial charge in [-0.25, -0.2) is 0 Å². The molecule has 4 heteroatoms. The van der Waals surface area contributed by atoms with E-state index in [0.29, 0.717) is 0 Å². The molecular formula is C19H17BrN2O. The van der Waals surface area contributed by atoms with Crippen molar-refractivity contribution in [3.05, 3.63) is 68.7 Å². The molecule has 0 bridgehead atoms. The van der Waals surface area contributed by atoms with Gasteiger partial charge >= 0.3 is 0 Å². The average Bonchev–Trinajstić information content (AvgIpc) is 2.49. The molecule has 0 aromatic heterocycles. The minimum Gasteiger partial charge on any atom is -0.321 e. The van der Waals surface area contributed by atoms with E-state index in [0.717, 1.165) is 32.4 Å². The van der Waals surface area contributed by atoms with Crippen molar-refractivity contribution in [2.75, 3.05) is 5.32 Å². The molecule has 0 radical (unpaired) electrons. The van der Waals surface area contributed by atoms with Crippen molar-refractivity contribution in [3.8, 4) is 6.07 Å². The normalized spacial score (nSPS) is 11.0. The van der Waals surface area contributed by atoms with Crippen LogP contribution in [0.1, 0.15) is 22.3 Å². The molecule has 0 aliphatic heterocycles. The molecule has 0 aliphatic carbocycles. The summed E-state index contributed by atoms with van der Waals surface area (Å²) in [6, 6.07) is 13.4. The van der Waals surface area contributed by atoms with Gasteiger partial charge < -0.3 is 5.32 Å². The van der Waals surface area contributed by atoms with Crippen molar-refractivity contribution in [1.82, 2.24) is 0 Å². The Labute approximate surface area is 144 Å². The highest BCUT2D eigenvalue weighted by Gasteiger charge is 2.13. The van der Waals surface area contributed by atoms with Crippen molar-refractivity contribution in [2.45, 2.75) is 20.8 Å². The quantitative estimate of drug-likeness (QED) is 0.617. The Morgan fingerprint density at radius 2 is 1.78 bits per heavy atom. The molecule has 3 nitrogen and oxygen atoms in total. The number of hydrogen-bond acceptors (Lipinski definition) is 2. The van der Waals surface area contributed by atoms with Crippen molar-refractivity contribution in [2.24, 2.45) is 0 Å². The van der Waals surface area contributed by atoms with Crippen molar-refractivity contribution in [3.63, 3.8) is 0 Å². The summed E-state index contributed by atoms with van der Waals surface area (Å²) in [7, 11) is 0. The predicted octanol–water partition coefficient (Wildman–Crippen LogP) is 4.92. The lowest BCUT2D eigenvalue weighted by molar-refractivity contribution is -0.112. The van der Waals surface area contributed by atoms with E-state index in [1.165, 1.54) is 0 Å². The van der Waals surface area contributed by atoms with Crippen LogP contribution in [0.25, 0.3) is 6.08 Å². The molecule has 2 aromatic carbocycles. The Hall–Kier alpha value is -2.38. The molecule has 0 aliphatic rings. The fourth-order valence-electron chi connectivity index (χ4n) is 2.45. The summed E-state index contributed by atoms with van der Waals surface area (Å²) in [6.07, 6.45) is 1.58. The number of nitrogens with zero attached hydrogens (tertiary/aromatic N) is 1. The summed E-state index contributed by atoms with van der Waals surface area (Å²) < 4.78 is 0.836. The van der Waals surface area contributed by atoms with Crippen LogP contribution in [0.5, 0.6) is 0 Å². The first kappa shape index (κ1) is 17.0. The van der Waals surface area contributed by atoms with E-state index >= 15 is 0 Å². The zero-order valence-electron chi connectivity index (χ0n) is 13.3. The summed E-state index contributed by atoms with van der Waals surface area (Å²) in [5.41, 5.74) is 4.71. The number of amides is 1. The van der Waals surface area contributed by atoms with Crippen molar-refractivity contribution >= 4 is 33.6 Å². The number of nitriles is 1. The third-order valence-electron chi connectivity index (χ3n) is 3.49. The lowest BCUT2D eigenvalue weighted by Gasteiger charge is -2.12. The third kappa shape index (κ3) is 4.08. The SMILES string of the molecule is Cc1cc(C)c(NC(=O)C(C#N)=Cc2ccccc2Br)c(C)c1. The molecule has 2 rings (SSSR count). The van der Waals surface area contributed by atoms with Gasteiger partial charge in [-0.1, -0.05) is 51.8 Å². The highest BCUT2D eigenvalue weighted by atomic mass is 79.9. The zero-order valence-corrected chi connectivity index (χ0v) is 14.9. The maximum Gasteiger partial charge on any atom is 0.266 e. The number of carbonyl (C=O) groups is 1. The van der Waals surface area contributed by atoms with E-state index in [-0.39, 0.29) is 5.57 Å². The summed E-state index contributed by atoms with van der Waals surface area (Å²) in [4.78, 5) is 12.4. The van der Waals surface area contributed by atoms with Crippen LogP contribution in [0, 0.1) is 32.1 Å². The van der Waals surface area contributed by atoms with Gasteiger partial charge in [0.05, 0.1) is 0 Å². The van der Waals surface area contributed by atoms with Crippen LogP contribution in [0.3, 0.4) is 0 Å². The predicted molar refractivity (Wildman–Crippen MR) is 97.0 cm³/mol. The molecule has 2 aromatic rings. The highest BCUT2D eigenvalue weighted by Crippen LogP contribution is 2.23. The summed E-state index contributed by atoms with van der Waals surface area (Å²) >= 11 is 3.42. The standard InChI is InChI=1S/C19H17BrN2O/c1-12-8-13(2)18(14(3)9-12)22-19(23)16(11-21)10-15-6-4-5-7-17(15)20/h4-10H,1-3H3,(H,22,23). The fraction of sp³-hybridized carbons (Fsp3) is 0.158. The van der Waals surface area contributed by atoms with E-state index in [4.69, 9.17) is 0 Å². The van der Waals surface area contributed by atoms with E-state index in [9.17, 15) is 10.1 Å². The van der Waals surface area contributed by atoms with Gasteiger partial charge in [-0.3, -0.25) is 4.79 Å². The Morgan fingerprint density at radius 3 is 2.35 bits per heavy atom. The Balaban J connectivity index is 2.33. The first-order valence-electron chi connectivity index (χ1n) is 7.18. The van der Waals surface area contributed by atoms with Crippen LogP contribution >= 0.6 is 15.9 Å². The molecule has 116 valence electrons. The number of hydrogen-bond donors (Lipinski definition) is 1. The second kappa shape index (κ2) is 7.26. The van der Waals surface area contributed by atoms with E-state index < -0.39 is 5.91 Å². The fourth-order valence-corrected chi connectivity index (χ4v) is 2.85. The molecule has 1 N–H and O–H groups in total. The van der Waals surface area contributed by atoms with Crippen LogP contribution in [0.2, 0.25) is 0 Å². The minimum atomic E-state index is -0.404. The molecule has 0 atom stereocenters. The summed E-state index contributed by atoms with van der Waals surface area (Å²) in [5, 5.41) is 12.2. The summed E-state index contributed by atoms with van der Waals surface area (Å²) in [6.45, 7) is 5.90. The minimum absolute atomic E-state index is 0.0660. The van der Waals surface area contributed by atoms with Gasteiger partial charge in [0, 0.05) is 10.2 Å². The molecule has 0 unspecified atom stereocenters. The van der Waals surface area contributed by atoms with Crippen LogP contribution < -0.4 is 5.32 Å². The van der Waals surface area contributed by atoms with Crippen molar-refractivity contribution < 1.29 is 4.79 Å². The average molecular weight is 369 g/mol. The molecule has 1 amide bonds. The van der Waals surface area contributed by atoms with Gasteiger partial charge in [0.1, 0.15) is 11.6 Å². The lowest BCUT2D eigenvalue weighted by Crippen LogP contribution is -2.15. The van der Waals surface area contributed by atoms with Gasteiger partial charge in [0.15, 0.2) is 0 Å². The van der Waals surface area contributed by atoms with Crippen LogP contribution in [-0.2, 0) is 4.79 Å². The largest absolute Gasteiger partial charge is 0.321 e. The first-order valence-corrected chi connectivity index (χ1v) is 7.97. The van der Waals surface area contributed by atoms with Crippen LogP contribution in [-0.4, -0.2) is 5.91 Å². The number of halogens is 1. The number of rotatable bonds is 3. The monoisotopic (exact) mass is 368 g/mol. The molecule has 0 heterocycles. The second-order valence-electron chi connectivity index (χ2n) is 5.42. The zero-order chi connectivity index (χ0) is 17.0. The third-order valence-corrected chi connectivity index (χ3v) is 4.21. The Bertz CT molecular complexity index is 808. The maximum absolute atomic E-state index is 12.4. The van der Waals surface area contributed by atoms with Gasteiger partial charge in [-0.15, -0.1) is 0 Å². The maximum atomic E-state index is 12.4. The molecule has 0 fully saturated rings. The number of nitrogens with one attached hydrogen (secondary N) is 1. The molecule has 0 saturated carbocycles. The molecule has 0 saturated heterocycles. The van der Waals surface area contributed by atoms with Crippen molar-refractivity contribution in [1.29, 1.82) is 5.26 Å². The second-order valence-corrected chi connectivity index (χ2v) is 6.27. The molecule has 0 spiro atoms. The Kier molecular flexibility index (Phi) is 5.36. The highest BCUT2D eigenvalue weighted by molar-refractivity contribution is 9.10. The lowest BCUT2D eigenvalue weighted by atomic mass is 10.0. The number of benzene rings is 2. The number of carbonyl (C=O) groups excluding carboxylic acids is 1. The topological polar surface area (TPSA) is 52.9 Å². The summed E-state index contributed by atoms with van der Waals surface area (Å²) in [5.74, 6) is -0.404. The van der Waals surface area contributed by atoms with E-state index in [2.05, 4.69) is 21.2 Å². The van der Waals surface area contributed by atoms with Gasteiger partial charge in [0.25, 0.3) is 5.91 Å². The number of anilines is 1. The van der Waals surface area contributed by atoms with Crippen LogP contribution in [0.15, 0.2) is 46.4 Å².